The van der Waals surface area contributed by atoms with Gasteiger partial charge in [0.1, 0.15) is 0 Å². The Morgan fingerprint density at radius 3 is 1.12 bits per heavy atom. The summed E-state index contributed by atoms with van der Waals surface area (Å²) in [6.45, 7) is 4.79. The lowest BCUT2D eigenvalue weighted by Crippen LogP contribution is -2.20. The van der Waals surface area contributed by atoms with Crippen molar-refractivity contribution in [2.24, 2.45) is 0 Å². The van der Waals surface area contributed by atoms with Gasteiger partial charge in [-0.25, -0.2) is 0 Å². The lowest BCUT2D eigenvalue weighted by Gasteiger charge is -2.05. The molecule has 0 aromatic rings. The summed E-state index contributed by atoms with van der Waals surface area (Å²) in [7, 11) is 0. The summed E-state index contributed by atoms with van der Waals surface area (Å²) in [5.74, 6) is 0. The van der Waals surface area contributed by atoms with Crippen LogP contribution in [0.2, 0.25) is 0 Å². The third kappa shape index (κ3) is 13.8. The van der Waals surface area contributed by atoms with Crippen LogP contribution in [-0.2, 0) is 0 Å². The number of hydrogen-bond donors (Lipinski definition) is 4. The van der Waals surface area contributed by atoms with Crippen LogP contribution in [0.1, 0.15) is 38.5 Å². The zero-order valence-electron chi connectivity index (χ0n) is 10.4. The Morgan fingerprint density at radius 1 is 0.500 bits per heavy atom. The minimum absolute atomic E-state index is 0.305. The summed E-state index contributed by atoms with van der Waals surface area (Å²) in [5, 5.41) is 23.9. The minimum Gasteiger partial charge on any atom is -0.396 e. The second-order valence-corrected chi connectivity index (χ2v) is 4.07. The zero-order chi connectivity index (χ0) is 11.9. The number of aliphatic hydroxyl groups is 2. The summed E-state index contributed by atoms with van der Waals surface area (Å²) in [5.41, 5.74) is 0. The van der Waals surface area contributed by atoms with E-state index in [-0.39, 0.29) is 0 Å². The molecule has 16 heavy (non-hydrogen) atoms. The molecule has 0 aliphatic rings. The largest absolute Gasteiger partial charge is 0.396 e. The van der Waals surface area contributed by atoms with Crippen molar-refractivity contribution < 1.29 is 10.2 Å². The lowest BCUT2D eigenvalue weighted by atomic mass is 10.2. The number of unbranched alkanes of at least 4 members (excludes halogenated alkanes) is 3. The van der Waals surface area contributed by atoms with E-state index in [1.165, 1.54) is 12.8 Å². The van der Waals surface area contributed by atoms with Crippen molar-refractivity contribution in [3.05, 3.63) is 0 Å². The van der Waals surface area contributed by atoms with Gasteiger partial charge >= 0.3 is 0 Å². The predicted molar refractivity (Wildman–Crippen MR) is 67.6 cm³/mol. The Kier molecular flexibility index (Phi) is 14.7. The van der Waals surface area contributed by atoms with Gasteiger partial charge in [-0.1, -0.05) is 0 Å². The fraction of sp³-hybridized carbons (Fsp3) is 1.00. The van der Waals surface area contributed by atoms with Gasteiger partial charge in [-0.05, 0) is 64.7 Å². The highest BCUT2D eigenvalue weighted by Gasteiger charge is 1.91. The topological polar surface area (TPSA) is 64.5 Å². The van der Waals surface area contributed by atoms with Crippen molar-refractivity contribution in [2.45, 2.75) is 38.5 Å². The van der Waals surface area contributed by atoms with Crippen molar-refractivity contribution in [2.75, 3.05) is 39.4 Å². The summed E-state index contributed by atoms with van der Waals surface area (Å²) >= 11 is 0. The monoisotopic (exact) mass is 232 g/mol. The maximum absolute atomic E-state index is 8.58. The summed E-state index contributed by atoms with van der Waals surface area (Å²) in [6, 6.07) is 0. The average Bonchev–Trinajstić information content (AvgIpc) is 2.31. The van der Waals surface area contributed by atoms with Crippen LogP contribution in [0.3, 0.4) is 0 Å². The number of hydrogen-bond acceptors (Lipinski definition) is 4. The number of nitrogens with one attached hydrogen (secondary N) is 2. The molecule has 0 aromatic carbocycles. The molecule has 0 radical (unpaired) electrons. The average molecular weight is 232 g/mol. The quantitative estimate of drug-likeness (QED) is 0.349. The number of aliphatic hydroxyl groups excluding tert-OH is 2. The Morgan fingerprint density at radius 2 is 0.812 bits per heavy atom. The maximum atomic E-state index is 8.58. The molecule has 4 nitrogen and oxygen atoms in total. The van der Waals surface area contributed by atoms with Crippen LogP contribution in [0.25, 0.3) is 0 Å². The first-order chi connectivity index (χ1) is 7.91. The second kappa shape index (κ2) is 14.8. The standard InChI is InChI=1S/C12H28N2O2/c15-11-5-3-9-13-7-1-2-8-14-10-4-6-12-16/h13-16H,1-12H2. The van der Waals surface area contributed by atoms with Crippen molar-refractivity contribution >= 4 is 0 Å². The van der Waals surface area contributed by atoms with E-state index >= 15 is 0 Å². The van der Waals surface area contributed by atoms with E-state index in [4.69, 9.17) is 10.2 Å². The second-order valence-electron chi connectivity index (χ2n) is 4.07. The Balaban J connectivity index is 2.83. The van der Waals surface area contributed by atoms with Gasteiger partial charge < -0.3 is 20.8 Å². The van der Waals surface area contributed by atoms with E-state index in [1.807, 2.05) is 0 Å². The zero-order valence-corrected chi connectivity index (χ0v) is 10.4. The van der Waals surface area contributed by atoms with Crippen molar-refractivity contribution in [1.29, 1.82) is 0 Å². The SMILES string of the molecule is OCCCCNCCCCNCCCCO. The summed E-state index contributed by atoms with van der Waals surface area (Å²) in [6.07, 6.45) is 6.34. The molecule has 4 N–H and O–H groups in total. The van der Waals surface area contributed by atoms with Crippen molar-refractivity contribution in [3.63, 3.8) is 0 Å². The van der Waals surface area contributed by atoms with Crippen LogP contribution in [0.15, 0.2) is 0 Å². The normalized spacial score (nSPS) is 10.9. The Labute approximate surface area is 99.4 Å². The summed E-state index contributed by atoms with van der Waals surface area (Å²) < 4.78 is 0. The molecule has 0 atom stereocenters. The fourth-order valence-corrected chi connectivity index (χ4v) is 1.47. The molecule has 98 valence electrons. The highest BCUT2D eigenvalue weighted by atomic mass is 16.3. The highest BCUT2D eigenvalue weighted by Crippen LogP contribution is 1.88. The van der Waals surface area contributed by atoms with Crippen LogP contribution in [-0.4, -0.2) is 49.6 Å². The lowest BCUT2D eigenvalue weighted by molar-refractivity contribution is 0.283. The molecule has 0 amide bonds. The van der Waals surface area contributed by atoms with Crippen LogP contribution < -0.4 is 10.6 Å². The molecule has 0 heterocycles. The maximum Gasteiger partial charge on any atom is 0.0431 e. The van der Waals surface area contributed by atoms with Gasteiger partial charge in [-0.15, -0.1) is 0 Å². The Bertz CT molecular complexity index is 110. The molecule has 4 heteroatoms. The highest BCUT2D eigenvalue weighted by molar-refractivity contribution is 4.52. The minimum atomic E-state index is 0.305. The van der Waals surface area contributed by atoms with E-state index in [0.717, 1.165) is 51.9 Å². The predicted octanol–water partition coefficient (Wildman–Crippen LogP) is 0.491. The molecule has 0 aromatic heterocycles. The van der Waals surface area contributed by atoms with Crippen molar-refractivity contribution in [1.82, 2.24) is 10.6 Å². The smallest absolute Gasteiger partial charge is 0.0431 e. The van der Waals surface area contributed by atoms with Gasteiger partial charge in [0.25, 0.3) is 0 Å². The first kappa shape index (κ1) is 15.8. The van der Waals surface area contributed by atoms with E-state index in [0.29, 0.717) is 13.2 Å². The van der Waals surface area contributed by atoms with Crippen LogP contribution >= 0.6 is 0 Å². The van der Waals surface area contributed by atoms with E-state index in [2.05, 4.69) is 10.6 Å². The van der Waals surface area contributed by atoms with Gasteiger partial charge in [0.05, 0.1) is 0 Å². The number of rotatable bonds is 13. The van der Waals surface area contributed by atoms with Crippen LogP contribution in [0, 0.1) is 0 Å². The third-order valence-corrected chi connectivity index (χ3v) is 2.48. The molecule has 0 saturated heterocycles. The molecule has 0 spiro atoms. The molecular weight excluding hydrogens is 204 g/mol. The molecule has 0 fully saturated rings. The molecule has 0 aliphatic heterocycles. The van der Waals surface area contributed by atoms with E-state index < -0.39 is 0 Å². The first-order valence-corrected chi connectivity index (χ1v) is 6.55. The van der Waals surface area contributed by atoms with Gasteiger partial charge in [-0.3, -0.25) is 0 Å². The molecule has 0 aliphatic carbocycles. The Hall–Kier alpha value is -0.160. The van der Waals surface area contributed by atoms with E-state index in [1.54, 1.807) is 0 Å². The summed E-state index contributed by atoms with van der Waals surface area (Å²) in [4.78, 5) is 0. The van der Waals surface area contributed by atoms with Gasteiger partial charge in [0.2, 0.25) is 0 Å². The fourth-order valence-electron chi connectivity index (χ4n) is 1.47. The molecule has 0 saturated carbocycles. The van der Waals surface area contributed by atoms with Crippen molar-refractivity contribution in [3.8, 4) is 0 Å². The van der Waals surface area contributed by atoms with Gasteiger partial charge in [0, 0.05) is 13.2 Å². The molecule has 0 bridgehead atoms. The van der Waals surface area contributed by atoms with Crippen LogP contribution in [0.5, 0.6) is 0 Å². The van der Waals surface area contributed by atoms with Gasteiger partial charge in [-0.2, -0.15) is 0 Å². The third-order valence-electron chi connectivity index (χ3n) is 2.48. The molecular formula is C12H28N2O2. The molecule has 0 rings (SSSR count). The molecule has 0 unspecified atom stereocenters. The van der Waals surface area contributed by atoms with Gasteiger partial charge in [0.15, 0.2) is 0 Å². The first-order valence-electron chi connectivity index (χ1n) is 6.55. The van der Waals surface area contributed by atoms with Crippen LogP contribution in [0.4, 0.5) is 0 Å². The van der Waals surface area contributed by atoms with E-state index in [9.17, 15) is 0 Å².